The first-order chi connectivity index (χ1) is 11.5. The van der Waals surface area contributed by atoms with Crippen molar-refractivity contribution in [2.75, 3.05) is 47.4 Å². The summed E-state index contributed by atoms with van der Waals surface area (Å²) in [7, 11) is 6.25. The average molecular weight is 335 g/mol. The molecule has 1 fully saturated rings. The van der Waals surface area contributed by atoms with Crippen molar-refractivity contribution in [2.24, 2.45) is 5.92 Å². The van der Waals surface area contributed by atoms with Gasteiger partial charge in [-0.15, -0.1) is 0 Å². The maximum absolute atomic E-state index is 5.10. The largest absolute Gasteiger partial charge is 0.380 e. The Morgan fingerprint density at radius 2 is 1.67 bits per heavy atom. The highest BCUT2D eigenvalue weighted by Crippen LogP contribution is 2.41. The Hall–Kier alpha value is -0.900. The molecular weight excluding hydrogens is 296 g/mol. The van der Waals surface area contributed by atoms with Gasteiger partial charge < -0.3 is 14.5 Å². The van der Waals surface area contributed by atoms with E-state index in [9.17, 15) is 0 Å². The van der Waals surface area contributed by atoms with Crippen LogP contribution in [-0.2, 0) is 11.3 Å². The van der Waals surface area contributed by atoms with E-state index in [4.69, 9.17) is 4.74 Å². The lowest BCUT2D eigenvalue weighted by molar-refractivity contribution is 0.129. The molecule has 0 aliphatic heterocycles. The van der Waals surface area contributed by atoms with Gasteiger partial charge in [-0.3, -0.25) is 0 Å². The molecule has 1 aliphatic carbocycles. The molecule has 0 aromatic heterocycles. The smallest absolute Gasteiger partial charge is 0.0593 e. The third-order valence-electron chi connectivity index (χ3n) is 4.70. The van der Waals surface area contributed by atoms with E-state index in [1.165, 1.54) is 18.4 Å². The number of likely N-dealkylation sites (N-methyl/N-ethyl adjacent to an activating group) is 1. The van der Waals surface area contributed by atoms with Crippen LogP contribution in [0.2, 0.25) is 0 Å². The van der Waals surface area contributed by atoms with Crippen molar-refractivity contribution in [1.82, 2.24) is 9.80 Å². The van der Waals surface area contributed by atoms with Crippen LogP contribution in [0.4, 0.5) is 0 Å². The summed E-state index contributed by atoms with van der Waals surface area (Å²) in [6, 6.07) is 9.25. The number of rotatable bonds is 8. The van der Waals surface area contributed by atoms with Gasteiger partial charge in [-0.2, -0.15) is 0 Å². The molecule has 0 unspecified atom stereocenters. The molecule has 0 N–H and O–H groups in total. The second kappa shape index (κ2) is 11.6. The fourth-order valence-corrected chi connectivity index (χ4v) is 2.88. The van der Waals surface area contributed by atoms with Gasteiger partial charge in [-0.25, -0.2) is 0 Å². The van der Waals surface area contributed by atoms with E-state index in [1.807, 2.05) is 21.0 Å². The first-order valence-corrected chi connectivity index (χ1v) is 9.46. The maximum Gasteiger partial charge on any atom is 0.0593 e. The predicted octanol–water partition coefficient (Wildman–Crippen LogP) is 4.24. The Bertz CT molecular complexity index is 424. The number of hydrogen-bond acceptors (Lipinski definition) is 3. The molecule has 0 saturated heterocycles. The number of nitrogens with zero attached hydrogens (tertiary/aromatic N) is 2. The third kappa shape index (κ3) is 8.27. The summed E-state index contributed by atoms with van der Waals surface area (Å²) >= 11 is 0. The van der Waals surface area contributed by atoms with Gasteiger partial charge >= 0.3 is 0 Å². The van der Waals surface area contributed by atoms with Crippen molar-refractivity contribution >= 4 is 0 Å². The summed E-state index contributed by atoms with van der Waals surface area (Å²) in [5.74, 6) is 1.78. The highest BCUT2D eigenvalue weighted by molar-refractivity contribution is 5.26. The zero-order valence-electron chi connectivity index (χ0n) is 16.7. The molecule has 0 heterocycles. The minimum absolute atomic E-state index is 0.827. The molecule has 1 aromatic carbocycles. The predicted molar refractivity (Wildman–Crippen MR) is 105 cm³/mol. The lowest BCUT2D eigenvalue weighted by Crippen LogP contribution is -2.19. The second-order valence-corrected chi connectivity index (χ2v) is 7.35. The molecule has 0 amide bonds. The SMILES string of the molecule is CCN(C)Cc1ccc(C2CC(C)C2)cc1.CCOCCN(C)C. The number of hydrogen-bond donors (Lipinski definition) is 0. The van der Waals surface area contributed by atoms with Gasteiger partial charge in [0.05, 0.1) is 6.61 Å². The summed E-state index contributed by atoms with van der Waals surface area (Å²) < 4.78 is 5.10. The van der Waals surface area contributed by atoms with Crippen LogP contribution in [0.3, 0.4) is 0 Å². The van der Waals surface area contributed by atoms with Crippen LogP contribution >= 0.6 is 0 Å². The Kier molecular flexibility index (Phi) is 10.2. The summed E-state index contributed by atoms with van der Waals surface area (Å²) in [4.78, 5) is 4.44. The highest BCUT2D eigenvalue weighted by atomic mass is 16.5. The Morgan fingerprint density at radius 3 is 2.12 bits per heavy atom. The number of ether oxygens (including phenoxy) is 1. The van der Waals surface area contributed by atoms with E-state index in [0.717, 1.165) is 44.7 Å². The fraction of sp³-hybridized carbons (Fsp3) is 0.714. The molecule has 0 bridgehead atoms. The molecule has 1 saturated carbocycles. The molecule has 24 heavy (non-hydrogen) atoms. The zero-order valence-corrected chi connectivity index (χ0v) is 16.7. The topological polar surface area (TPSA) is 15.7 Å². The van der Waals surface area contributed by atoms with Crippen molar-refractivity contribution < 1.29 is 4.74 Å². The quantitative estimate of drug-likeness (QED) is 0.662. The van der Waals surface area contributed by atoms with Gasteiger partial charge in [0.2, 0.25) is 0 Å². The molecule has 138 valence electrons. The van der Waals surface area contributed by atoms with Crippen LogP contribution in [0, 0.1) is 5.92 Å². The minimum atomic E-state index is 0.827. The fourth-order valence-electron chi connectivity index (χ4n) is 2.88. The average Bonchev–Trinajstić information content (AvgIpc) is 2.53. The monoisotopic (exact) mass is 334 g/mol. The van der Waals surface area contributed by atoms with Gasteiger partial charge in [0, 0.05) is 19.7 Å². The minimum Gasteiger partial charge on any atom is -0.380 e. The van der Waals surface area contributed by atoms with E-state index in [1.54, 1.807) is 5.56 Å². The third-order valence-corrected chi connectivity index (χ3v) is 4.70. The van der Waals surface area contributed by atoms with Gasteiger partial charge in [-0.05, 0) is 70.4 Å². The summed E-state index contributed by atoms with van der Waals surface area (Å²) in [5.41, 5.74) is 2.97. The van der Waals surface area contributed by atoms with Gasteiger partial charge in [0.25, 0.3) is 0 Å². The van der Waals surface area contributed by atoms with Crippen molar-refractivity contribution in [3.05, 3.63) is 35.4 Å². The summed E-state index contributed by atoms with van der Waals surface area (Å²) in [6.07, 6.45) is 2.77. The molecule has 1 aromatic rings. The van der Waals surface area contributed by atoms with E-state index in [0.29, 0.717) is 0 Å². The van der Waals surface area contributed by atoms with E-state index >= 15 is 0 Å². The van der Waals surface area contributed by atoms with Gasteiger partial charge in [-0.1, -0.05) is 38.1 Å². The van der Waals surface area contributed by atoms with Crippen LogP contribution in [0.15, 0.2) is 24.3 Å². The normalized spacial score (nSPS) is 19.8. The van der Waals surface area contributed by atoms with Crippen LogP contribution < -0.4 is 0 Å². The molecule has 0 radical (unpaired) electrons. The van der Waals surface area contributed by atoms with Crippen LogP contribution in [0.5, 0.6) is 0 Å². The molecule has 0 atom stereocenters. The van der Waals surface area contributed by atoms with Crippen LogP contribution in [-0.4, -0.2) is 57.2 Å². The van der Waals surface area contributed by atoms with Gasteiger partial charge in [0.1, 0.15) is 0 Å². The van der Waals surface area contributed by atoms with Gasteiger partial charge in [0.15, 0.2) is 0 Å². The maximum atomic E-state index is 5.10. The molecular formula is C21H38N2O. The molecule has 3 heteroatoms. The zero-order chi connectivity index (χ0) is 17.9. The first-order valence-electron chi connectivity index (χ1n) is 9.46. The van der Waals surface area contributed by atoms with Crippen LogP contribution in [0.25, 0.3) is 0 Å². The molecule has 3 nitrogen and oxygen atoms in total. The van der Waals surface area contributed by atoms with E-state index in [-0.39, 0.29) is 0 Å². The van der Waals surface area contributed by atoms with E-state index < -0.39 is 0 Å². The van der Waals surface area contributed by atoms with Crippen LogP contribution in [0.1, 0.15) is 50.7 Å². The second-order valence-electron chi connectivity index (χ2n) is 7.35. The van der Waals surface area contributed by atoms with E-state index in [2.05, 4.69) is 55.0 Å². The lowest BCUT2D eigenvalue weighted by Gasteiger charge is -2.33. The Balaban J connectivity index is 0.000000307. The van der Waals surface area contributed by atoms with Crippen molar-refractivity contribution in [3.8, 4) is 0 Å². The lowest BCUT2D eigenvalue weighted by atomic mass is 9.72. The number of benzene rings is 1. The molecule has 2 rings (SSSR count). The summed E-state index contributed by atoms with van der Waals surface area (Å²) in [5, 5.41) is 0. The van der Waals surface area contributed by atoms with Crippen molar-refractivity contribution in [2.45, 2.75) is 46.1 Å². The highest BCUT2D eigenvalue weighted by Gasteiger charge is 2.26. The Morgan fingerprint density at radius 1 is 1.04 bits per heavy atom. The van der Waals surface area contributed by atoms with Crippen molar-refractivity contribution in [1.29, 1.82) is 0 Å². The first kappa shape index (κ1) is 21.1. The standard InChI is InChI=1S/C15H23N.C6H15NO/c1-4-16(3)11-13-5-7-14(8-6-13)15-9-12(2)10-15;1-4-8-6-5-7(2)3/h5-8,12,15H,4,9-11H2,1-3H3;4-6H2,1-3H3. The Labute approximate surface area is 150 Å². The molecule has 1 aliphatic rings. The van der Waals surface area contributed by atoms with Crippen molar-refractivity contribution in [3.63, 3.8) is 0 Å². The molecule has 0 spiro atoms. The summed E-state index contributed by atoms with van der Waals surface area (Å²) in [6.45, 7) is 11.4.